The lowest BCUT2D eigenvalue weighted by Gasteiger charge is -2.66. The van der Waals surface area contributed by atoms with Crippen molar-refractivity contribution < 1.29 is 9.50 Å². The van der Waals surface area contributed by atoms with Crippen molar-refractivity contribution in [3.8, 4) is 0 Å². The summed E-state index contributed by atoms with van der Waals surface area (Å²) in [5.41, 5.74) is 1.70. The van der Waals surface area contributed by atoms with E-state index in [-0.39, 0.29) is 11.2 Å². The van der Waals surface area contributed by atoms with Crippen LogP contribution in [0.4, 0.5) is 4.39 Å². The van der Waals surface area contributed by atoms with Crippen LogP contribution in [0.2, 0.25) is 0 Å². The second-order valence-corrected chi connectivity index (χ2v) is 8.95. The van der Waals surface area contributed by atoms with Crippen molar-refractivity contribution in [1.82, 2.24) is 0 Å². The third-order valence-corrected chi connectivity index (χ3v) is 6.44. The van der Waals surface area contributed by atoms with Gasteiger partial charge in [0.15, 0.2) is 0 Å². The fraction of sp³-hybridized carbons (Fsp3) is 0.684. The molecule has 0 amide bonds. The van der Waals surface area contributed by atoms with Gasteiger partial charge in [0.1, 0.15) is 5.82 Å². The topological polar surface area (TPSA) is 20.2 Å². The maximum absolute atomic E-state index is 13.2. The number of benzene rings is 1. The molecule has 1 nitrogen and oxygen atoms in total. The maximum atomic E-state index is 13.2. The average Bonchev–Trinajstić information content (AvgIpc) is 2.34. The highest BCUT2D eigenvalue weighted by molar-refractivity contribution is 5.24. The standard InChI is InChI=1S/C19H25FO/c1-17-7-13-8-18(2,10-17)12-19(9-13,11-17)16(21)14-3-5-15(20)6-4-14/h3-6,13,16,21H,7-12H2,1-2H3. The first-order valence-electron chi connectivity index (χ1n) is 8.25. The summed E-state index contributed by atoms with van der Waals surface area (Å²) in [4.78, 5) is 0. The Morgan fingerprint density at radius 1 is 1.00 bits per heavy atom. The SMILES string of the molecule is CC12CC3CC(C)(C1)CC(C(O)c1ccc(F)cc1)(C3)C2. The molecule has 0 radical (unpaired) electrons. The van der Waals surface area contributed by atoms with Crippen LogP contribution in [0.15, 0.2) is 24.3 Å². The van der Waals surface area contributed by atoms with Gasteiger partial charge in [0.05, 0.1) is 6.10 Å². The molecule has 0 aliphatic heterocycles. The molecule has 4 aliphatic carbocycles. The van der Waals surface area contributed by atoms with E-state index < -0.39 is 6.10 Å². The Labute approximate surface area is 126 Å². The lowest BCUT2D eigenvalue weighted by Crippen LogP contribution is -2.56. The first kappa shape index (κ1) is 13.8. The van der Waals surface area contributed by atoms with Gasteiger partial charge in [-0.2, -0.15) is 0 Å². The molecule has 4 saturated carbocycles. The molecule has 0 saturated heterocycles. The molecule has 21 heavy (non-hydrogen) atoms. The van der Waals surface area contributed by atoms with E-state index in [4.69, 9.17) is 0 Å². The third-order valence-electron chi connectivity index (χ3n) is 6.44. The Hall–Kier alpha value is -0.890. The number of aliphatic hydroxyl groups excluding tert-OH is 1. The molecule has 0 heterocycles. The first-order chi connectivity index (χ1) is 9.82. The van der Waals surface area contributed by atoms with Crippen LogP contribution in [0.1, 0.15) is 64.0 Å². The van der Waals surface area contributed by atoms with E-state index >= 15 is 0 Å². The Morgan fingerprint density at radius 3 is 2.10 bits per heavy atom. The zero-order chi connectivity index (χ0) is 14.9. The molecule has 0 aromatic heterocycles. The van der Waals surface area contributed by atoms with Gasteiger partial charge in [-0.25, -0.2) is 4.39 Å². The minimum absolute atomic E-state index is 0.0146. The summed E-state index contributed by atoms with van der Waals surface area (Å²) in [5, 5.41) is 11.1. The van der Waals surface area contributed by atoms with Gasteiger partial charge < -0.3 is 5.11 Å². The maximum Gasteiger partial charge on any atom is 0.123 e. The van der Waals surface area contributed by atoms with Gasteiger partial charge in [-0.15, -0.1) is 0 Å². The molecule has 4 aliphatic rings. The van der Waals surface area contributed by atoms with Gasteiger partial charge in [-0.05, 0) is 73.0 Å². The highest BCUT2D eigenvalue weighted by Crippen LogP contribution is 2.72. The van der Waals surface area contributed by atoms with Crippen LogP contribution in [0.3, 0.4) is 0 Å². The molecule has 2 heteroatoms. The molecular formula is C19H25FO. The van der Waals surface area contributed by atoms with E-state index in [1.165, 1.54) is 31.4 Å². The molecule has 4 bridgehead atoms. The number of aliphatic hydroxyl groups is 1. The molecule has 4 fully saturated rings. The van der Waals surface area contributed by atoms with Crippen molar-refractivity contribution in [1.29, 1.82) is 0 Å². The minimum Gasteiger partial charge on any atom is -0.388 e. The number of halogens is 1. The van der Waals surface area contributed by atoms with E-state index in [1.807, 2.05) is 0 Å². The summed E-state index contributed by atoms with van der Waals surface area (Å²) in [6.07, 6.45) is 6.95. The zero-order valence-corrected chi connectivity index (χ0v) is 13.0. The molecule has 1 N–H and O–H groups in total. The summed E-state index contributed by atoms with van der Waals surface area (Å²) < 4.78 is 13.2. The number of rotatable bonds is 2. The van der Waals surface area contributed by atoms with Crippen molar-refractivity contribution >= 4 is 0 Å². The van der Waals surface area contributed by atoms with E-state index in [0.717, 1.165) is 30.7 Å². The van der Waals surface area contributed by atoms with Crippen LogP contribution in [0.25, 0.3) is 0 Å². The monoisotopic (exact) mass is 288 g/mol. The van der Waals surface area contributed by atoms with Gasteiger partial charge in [-0.3, -0.25) is 0 Å². The van der Waals surface area contributed by atoms with Gasteiger partial charge in [0.25, 0.3) is 0 Å². The Morgan fingerprint density at radius 2 is 1.57 bits per heavy atom. The molecule has 5 rings (SSSR count). The second-order valence-electron chi connectivity index (χ2n) is 8.95. The largest absolute Gasteiger partial charge is 0.388 e. The average molecular weight is 288 g/mol. The molecule has 114 valence electrons. The molecule has 1 aromatic rings. The molecule has 3 unspecified atom stereocenters. The molecule has 0 spiro atoms. The smallest absolute Gasteiger partial charge is 0.123 e. The fourth-order valence-electron chi connectivity index (χ4n) is 6.84. The molecular weight excluding hydrogens is 263 g/mol. The summed E-state index contributed by atoms with van der Waals surface area (Å²) in [7, 11) is 0. The highest BCUT2D eigenvalue weighted by Gasteiger charge is 2.62. The van der Waals surface area contributed by atoms with Crippen LogP contribution in [-0.4, -0.2) is 5.11 Å². The van der Waals surface area contributed by atoms with Crippen molar-refractivity contribution in [2.45, 2.75) is 58.5 Å². The first-order valence-corrected chi connectivity index (χ1v) is 8.25. The van der Waals surface area contributed by atoms with Crippen LogP contribution < -0.4 is 0 Å². The Bertz CT molecular complexity index is 545. The summed E-state index contributed by atoms with van der Waals surface area (Å²) in [6.45, 7) is 4.84. The van der Waals surface area contributed by atoms with E-state index in [0.29, 0.717) is 10.8 Å². The van der Waals surface area contributed by atoms with Crippen molar-refractivity contribution in [2.24, 2.45) is 22.2 Å². The van der Waals surface area contributed by atoms with Gasteiger partial charge in [0, 0.05) is 5.41 Å². The quantitative estimate of drug-likeness (QED) is 0.824. The van der Waals surface area contributed by atoms with E-state index in [1.54, 1.807) is 12.1 Å². The zero-order valence-electron chi connectivity index (χ0n) is 13.0. The molecule has 1 aromatic carbocycles. The van der Waals surface area contributed by atoms with Crippen LogP contribution >= 0.6 is 0 Å². The number of hydrogen-bond donors (Lipinski definition) is 1. The highest BCUT2D eigenvalue weighted by atomic mass is 19.1. The van der Waals surface area contributed by atoms with Crippen molar-refractivity contribution in [3.63, 3.8) is 0 Å². The summed E-state index contributed by atoms with van der Waals surface area (Å²) in [6, 6.07) is 6.48. The lowest BCUT2D eigenvalue weighted by atomic mass is 9.39. The van der Waals surface area contributed by atoms with Gasteiger partial charge >= 0.3 is 0 Å². The van der Waals surface area contributed by atoms with E-state index in [9.17, 15) is 9.50 Å². The number of hydrogen-bond acceptors (Lipinski definition) is 1. The predicted octanol–water partition coefficient (Wildman–Crippen LogP) is 4.86. The summed E-state index contributed by atoms with van der Waals surface area (Å²) >= 11 is 0. The minimum atomic E-state index is -0.444. The molecule has 3 atom stereocenters. The van der Waals surface area contributed by atoms with Crippen LogP contribution in [-0.2, 0) is 0 Å². The van der Waals surface area contributed by atoms with Gasteiger partial charge in [-0.1, -0.05) is 26.0 Å². The summed E-state index contributed by atoms with van der Waals surface area (Å²) in [5.74, 6) is 0.543. The van der Waals surface area contributed by atoms with Crippen molar-refractivity contribution in [2.75, 3.05) is 0 Å². The Kier molecular flexibility index (Phi) is 2.68. The van der Waals surface area contributed by atoms with Crippen molar-refractivity contribution in [3.05, 3.63) is 35.6 Å². The fourth-order valence-corrected chi connectivity index (χ4v) is 6.84. The Balaban J connectivity index is 1.72. The lowest BCUT2D eigenvalue weighted by molar-refractivity contribution is -0.187. The van der Waals surface area contributed by atoms with Gasteiger partial charge in [0.2, 0.25) is 0 Å². The normalized spacial score (nSPS) is 45.8. The van der Waals surface area contributed by atoms with Crippen LogP contribution in [0.5, 0.6) is 0 Å². The third kappa shape index (κ3) is 2.06. The second kappa shape index (κ2) is 4.10. The predicted molar refractivity (Wildman–Crippen MR) is 81.2 cm³/mol. The van der Waals surface area contributed by atoms with E-state index in [2.05, 4.69) is 13.8 Å². The van der Waals surface area contributed by atoms with Crippen LogP contribution in [0, 0.1) is 28.0 Å².